The molecule has 0 aliphatic heterocycles. The smallest absolute Gasteiger partial charge is 0.159 e. The number of fused-ring (bicyclic) bond motifs is 1. The van der Waals surface area contributed by atoms with Crippen molar-refractivity contribution in [3.05, 3.63) is 11.6 Å². The average molecular weight is 178 g/mol. The van der Waals surface area contributed by atoms with Gasteiger partial charge in [-0.3, -0.25) is 4.79 Å². The number of allylic oxidation sites excluding steroid dienone is 2. The summed E-state index contributed by atoms with van der Waals surface area (Å²) in [6, 6.07) is 0. The minimum Gasteiger partial charge on any atom is -0.295 e. The lowest BCUT2D eigenvalue weighted by Crippen LogP contribution is -2.35. The van der Waals surface area contributed by atoms with E-state index in [0.29, 0.717) is 23.5 Å². The predicted octanol–water partition coefficient (Wildman–Crippen LogP) is 2.96. The molecule has 2 aliphatic rings. The predicted molar refractivity (Wildman–Crippen MR) is 53.4 cm³/mol. The van der Waals surface area contributed by atoms with Crippen molar-refractivity contribution in [2.24, 2.45) is 17.8 Å². The zero-order valence-electron chi connectivity index (χ0n) is 8.55. The van der Waals surface area contributed by atoms with E-state index in [4.69, 9.17) is 0 Å². The van der Waals surface area contributed by atoms with Crippen LogP contribution in [0.4, 0.5) is 0 Å². The summed E-state index contributed by atoms with van der Waals surface area (Å²) >= 11 is 0. The van der Waals surface area contributed by atoms with Crippen molar-refractivity contribution in [2.45, 2.75) is 39.5 Å². The molecular weight excluding hydrogens is 160 g/mol. The van der Waals surface area contributed by atoms with Gasteiger partial charge in [0.25, 0.3) is 0 Å². The number of hydrogen-bond donors (Lipinski definition) is 0. The third-order valence-corrected chi connectivity index (χ3v) is 3.66. The highest BCUT2D eigenvalue weighted by atomic mass is 16.1. The van der Waals surface area contributed by atoms with Gasteiger partial charge in [-0.1, -0.05) is 18.9 Å². The Kier molecular flexibility index (Phi) is 2.27. The van der Waals surface area contributed by atoms with Crippen molar-refractivity contribution in [1.82, 2.24) is 0 Å². The van der Waals surface area contributed by atoms with Crippen LogP contribution in [0.3, 0.4) is 0 Å². The van der Waals surface area contributed by atoms with Crippen LogP contribution in [0.1, 0.15) is 39.5 Å². The molecule has 0 heterocycles. The molecule has 0 radical (unpaired) electrons. The zero-order valence-corrected chi connectivity index (χ0v) is 8.55. The number of carbonyl (C=O) groups excluding carboxylic acids is 1. The molecule has 1 nitrogen and oxygen atoms in total. The molecule has 0 aromatic rings. The van der Waals surface area contributed by atoms with E-state index in [0.717, 1.165) is 0 Å². The van der Waals surface area contributed by atoms with Gasteiger partial charge in [0.05, 0.1) is 0 Å². The molecule has 2 rings (SSSR count). The summed E-state index contributed by atoms with van der Waals surface area (Å²) in [4.78, 5) is 11.8. The number of carbonyl (C=O) groups is 1. The van der Waals surface area contributed by atoms with Crippen molar-refractivity contribution in [2.75, 3.05) is 0 Å². The summed E-state index contributed by atoms with van der Waals surface area (Å²) in [7, 11) is 0. The minimum atomic E-state index is 0.359. The largest absolute Gasteiger partial charge is 0.295 e. The Hall–Kier alpha value is -0.590. The van der Waals surface area contributed by atoms with Crippen LogP contribution in [-0.2, 0) is 4.79 Å². The monoisotopic (exact) mass is 178 g/mol. The average Bonchev–Trinajstić information content (AvgIpc) is 2.02. The molecule has 3 atom stereocenters. The first-order valence-corrected chi connectivity index (χ1v) is 5.39. The highest BCUT2D eigenvalue weighted by Gasteiger charge is 2.37. The Bertz CT molecular complexity index is 252. The second-order valence-corrected chi connectivity index (χ2v) is 4.79. The summed E-state index contributed by atoms with van der Waals surface area (Å²) in [5.41, 5.74) is 1.29. The summed E-state index contributed by atoms with van der Waals surface area (Å²) < 4.78 is 0. The fourth-order valence-electron chi connectivity index (χ4n) is 3.08. The third-order valence-electron chi connectivity index (χ3n) is 3.66. The Morgan fingerprint density at radius 3 is 2.92 bits per heavy atom. The van der Waals surface area contributed by atoms with Gasteiger partial charge in [0.2, 0.25) is 0 Å². The van der Waals surface area contributed by atoms with Gasteiger partial charge in [-0.05, 0) is 44.1 Å². The molecule has 0 aromatic carbocycles. The van der Waals surface area contributed by atoms with E-state index >= 15 is 0 Å². The first-order valence-electron chi connectivity index (χ1n) is 5.39. The van der Waals surface area contributed by atoms with Crippen LogP contribution in [0.15, 0.2) is 11.6 Å². The van der Waals surface area contributed by atoms with Crippen LogP contribution in [0.25, 0.3) is 0 Å². The molecule has 0 bridgehead atoms. The van der Waals surface area contributed by atoms with Crippen molar-refractivity contribution in [3.63, 3.8) is 0 Å². The Morgan fingerprint density at radius 1 is 1.38 bits per heavy atom. The Labute approximate surface area is 80.2 Å². The van der Waals surface area contributed by atoms with Gasteiger partial charge >= 0.3 is 0 Å². The molecule has 0 amide bonds. The van der Waals surface area contributed by atoms with Gasteiger partial charge in [-0.15, -0.1) is 0 Å². The molecule has 0 N–H and O–H groups in total. The van der Waals surface area contributed by atoms with Gasteiger partial charge in [-0.25, -0.2) is 0 Å². The maximum atomic E-state index is 11.8. The lowest BCUT2D eigenvalue weighted by Gasteiger charge is -2.37. The van der Waals surface area contributed by atoms with E-state index in [-0.39, 0.29) is 0 Å². The van der Waals surface area contributed by atoms with Crippen LogP contribution >= 0.6 is 0 Å². The van der Waals surface area contributed by atoms with E-state index in [2.05, 4.69) is 13.8 Å². The maximum absolute atomic E-state index is 11.8. The molecule has 0 spiro atoms. The standard InChI is InChI=1S/C12H18O/c1-8-6-10-5-3-4-9(2)12(10)11(13)7-8/h7,9-10,12H,3-6H2,1-2H3. The summed E-state index contributed by atoms with van der Waals surface area (Å²) in [6.45, 7) is 4.33. The molecule has 1 heteroatoms. The maximum Gasteiger partial charge on any atom is 0.159 e. The van der Waals surface area contributed by atoms with Crippen LogP contribution in [0.2, 0.25) is 0 Å². The van der Waals surface area contributed by atoms with Gasteiger partial charge in [0, 0.05) is 5.92 Å². The minimum absolute atomic E-state index is 0.359. The lowest BCUT2D eigenvalue weighted by molar-refractivity contribution is -0.123. The molecule has 1 saturated carbocycles. The van der Waals surface area contributed by atoms with E-state index in [1.54, 1.807) is 0 Å². The molecule has 3 unspecified atom stereocenters. The molecule has 72 valence electrons. The fourth-order valence-corrected chi connectivity index (χ4v) is 3.08. The first kappa shape index (κ1) is 8.98. The third kappa shape index (κ3) is 1.56. The van der Waals surface area contributed by atoms with Gasteiger partial charge in [0.15, 0.2) is 5.78 Å². The van der Waals surface area contributed by atoms with E-state index in [1.165, 1.54) is 31.3 Å². The molecular formula is C12H18O. The van der Waals surface area contributed by atoms with Gasteiger partial charge < -0.3 is 0 Å². The highest BCUT2D eigenvalue weighted by molar-refractivity contribution is 5.93. The quantitative estimate of drug-likeness (QED) is 0.557. The SMILES string of the molecule is CC1=CC(=O)C2C(C)CCCC2C1. The molecule has 2 aliphatic carbocycles. The number of ketones is 1. The Morgan fingerprint density at radius 2 is 2.15 bits per heavy atom. The Balaban J connectivity index is 2.23. The summed E-state index contributed by atoms with van der Waals surface area (Å²) in [5, 5.41) is 0. The van der Waals surface area contributed by atoms with Crippen molar-refractivity contribution in [3.8, 4) is 0 Å². The molecule has 0 saturated heterocycles. The second kappa shape index (κ2) is 3.28. The lowest BCUT2D eigenvalue weighted by atomic mass is 9.66. The van der Waals surface area contributed by atoms with Crippen LogP contribution in [0.5, 0.6) is 0 Å². The zero-order chi connectivity index (χ0) is 9.42. The van der Waals surface area contributed by atoms with Crippen molar-refractivity contribution < 1.29 is 4.79 Å². The number of rotatable bonds is 0. The van der Waals surface area contributed by atoms with Gasteiger partial charge in [0.1, 0.15) is 0 Å². The normalized spacial score (nSPS) is 39.7. The first-order chi connectivity index (χ1) is 6.18. The molecule has 13 heavy (non-hydrogen) atoms. The highest BCUT2D eigenvalue weighted by Crippen LogP contribution is 2.41. The van der Waals surface area contributed by atoms with Crippen LogP contribution in [0, 0.1) is 17.8 Å². The van der Waals surface area contributed by atoms with Crippen molar-refractivity contribution in [1.29, 1.82) is 0 Å². The van der Waals surface area contributed by atoms with E-state index < -0.39 is 0 Å². The van der Waals surface area contributed by atoms with E-state index in [1.807, 2.05) is 6.08 Å². The van der Waals surface area contributed by atoms with Crippen LogP contribution < -0.4 is 0 Å². The second-order valence-electron chi connectivity index (χ2n) is 4.79. The molecule has 0 aromatic heterocycles. The van der Waals surface area contributed by atoms with Crippen LogP contribution in [-0.4, -0.2) is 5.78 Å². The van der Waals surface area contributed by atoms with Crippen molar-refractivity contribution >= 4 is 5.78 Å². The summed E-state index contributed by atoms with van der Waals surface area (Å²) in [6.07, 6.45) is 6.89. The summed E-state index contributed by atoms with van der Waals surface area (Å²) in [5.74, 6) is 2.05. The molecule has 1 fully saturated rings. The van der Waals surface area contributed by atoms with E-state index in [9.17, 15) is 4.79 Å². The topological polar surface area (TPSA) is 17.1 Å². The number of hydrogen-bond acceptors (Lipinski definition) is 1. The fraction of sp³-hybridized carbons (Fsp3) is 0.750. The van der Waals surface area contributed by atoms with Gasteiger partial charge in [-0.2, -0.15) is 0 Å².